The molecule has 74 valence electrons. The molecular weight excluding hydrogens is 174 g/mol. The molecule has 0 bridgehead atoms. The summed E-state index contributed by atoms with van der Waals surface area (Å²) in [7, 11) is 0. The van der Waals surface area contributed by atoms with Crippen LogP contribution in [0.4, 0.5) is 0 Å². The summed E-state index contributed by atoms with van der Waals surface area (Å²) in [5.41, 5.74) is 0.982. The Morgan fingerprint density at radius 1 is 1.21 bits per heavy atom. The average molecular weight is 189 g/mol. The average Bonchev–Trinajstić information content (AvgIpc) is 2.20. The summed E-state index contributed by atoms with van der Waals surface area (Å²) >= 11 is 0. The van der Waals surface area contributed by atoms with E-state index in [2.05, 4.69) is 4.85 Å². The highest BCUT2D eigenvalue weighted by Gasteiger charge is 2.27. The van der Waals surface area contributed by atoms with Crippen LogP contribution in [0.25, 0.3) is 4.85 Å². The third-order valence-electron chi connectivity index (χ3n) is 2.54. The maximum Gasteiger partial charge on any atom is 0.253 e. The first kappa shape index (κ1) is 10.7. The lowest BCUT2D eigenvalue weighted by Crippen LogP contribution is -2.19. The molecule has 0 saturated heterocycles. The van der Waals surface area contributed by atoms with Gasteiger partial charge in [-0.1, -0.05) is 37.3 Å². The van der Waals surface area contributed by atoms with Gasteiger partial charge in [0, 0.05) is 5.56 Å². The van der Waals surface area contributed by atoms with Gasteiger partial charge in [0.1, 0.15) is 0 Å². The molecule has 1 rings (SSSR count). The number of aliphatic hydroxyl groups excluding tert-OH is 1. The molecule has 0 fully saturated rings. The van der Waals surface area contributed by atoms with Gasteiger partial charge in [0.25, 0.3) is 6.04 Å². The van der Waals surface area contributed by atoms with Crippen molar-refractivity contribution in [2.75, 3.05) is 0 Å². The van der Waals surface area contributed by atoms with Crippen LogP contribution >= 0.6 is 0 Å². The molecule has 0 amide bonds. The molecule has 0 aliphatic carbocycles. The normalized spacial score (nSPS) is 16.7. The molecule has 1 aromatic rings. The number of nitrogens with zero attached hydrogens (tertiary/aromatic N) is 1. The number of hydrogen-bond donors (Lipinski definition) is 1. The lowest BCUT2D eigenvalue weighted by molar-refractivity contribution is 0.127. The minimum Gasteiger partial charge on any atom is -0.393 e. The van der Waals surface area contributed by atoms with Gasteiger partial charge in [-0.2, -0.15) is 0 Å². The summed E-state index contributed by atoms with van der Waals surface area (Å²) in [6.45, 7) is 10.8. The van der Waals surface area contributed by atoms with Crippen LogP contribution in [-0.2, 0) is 0 Å². The third kappa shape index (κ3) is 2.34. The highest BCUT2D eigenvalue weighted by atomic mass is 16.3. The van der Waals surface area contributed by atoms with E-state index < -0.39 is 6.10 Å². The Morgan fingerprint density at radius 2 is 1.79 bits per heavy atom. The Labute approximate surface area is 85.0 Å². The zero-order chi connectivity index (χ0) is 10.6. The first-order valence-electron chi connectivity index (χ1n) is 4.76. The molecule has 1 aromatic carbocycles. The van der Waals surface area contributed by atoms with Crippen molar-refractivity contribution >= 4 is 0 Å². The van der Waals surface area contributed by atoms with Crippen molar-refractivity contribution in [3.8, 4) is 0 Å². The van der Waals surface area contributed by atoms with E-state index in [1.54, 1.807) is 6.92 Å². The van der Waals surface area contributed by atoms with Crippen molar-refractivity contribution in [2.45, 2.75) is 26.0 Å². The molecule has 0 aliphatic heterocycles. The molecule has 1 N–H and O–H groups in total. The minimum absolute atomic E-state index is 0.0325. The molecule has 3 atom stereocenters. The fourth-order valence-corrected chi connectivity index (χ4v) is 1.41. The van der Waals surface area contributed by atoms with Crippen molar-refractivity contribution in [3.63, 3.8) is 0 Å². The minimum atomic E-state index is -0.450. The van der Waals surface area contributed by atoms with Gasteiger partial charge in [0.15, 0.2) is 0 Å². The van der Waals surface area contributed by atoms with Crippen LogP contribution in [0, 0.1) is 12.5 Å². The number of aliphatic hydroxyl groups is 1. The summed E-state index contributed by atoms with van der Waals surface area (Å²) < 4.78 is 0. The van der Waals surface area contributed by atoms with Crippen LogP contribution in [0.3, 0.4) is 0 Å². The summed E-state index contributed by atoms with van der Waals surface area (Å²) in [4.78, 5) is 3.57. The van der Waals surface area contributed by atoms with Gasteiger partial charge in [-0.05, 0) is 6.92 Å². The van der Waals surface area contributed by atoms with E-state index in [4.69, 9.17) is 6.57 Å². The quantitative estimate of drug-likeness (QED) is 0.726. The van der Waals surface area contributed by atoms with Gasteiger partial charge in [-0.15, -0.1) is 0 Å². The fraction of sp³-hybridized carbons (Fsp3) is 0.417. The maximum atomic E-state index is 9.44. The number of rotatable bonds is 3. The van der Waals surface area contributed by atoms with E-state index >= 15 is 0 Å². The van der Waals surface area contributed by atoms with Gasteiger partial charge < -0.3 is 9.95 Å². The van der Waals surface area contributed by atoms with Crippen LogP contribution in [0.5, 0.6) is 0 Å². The van der Waals surface area contributed by atoms with E-state index in [-0.39, 0.29) is 12.0 Å². The Hall–Kier alpha value is -1.33. The van der Waals surface area contributed by atoms with Crippen LogP contribution in [0.1, 0.15) is 25.5 Å². The zero-order valence-electron chi connectivity index (χ0n) is 8.51. The Kier molecular flexibility index (Phi) is 3.67. The molecule has 14 heavy (non-hydrogen) atoms. The second kappa shape index (κ2) is 4.78. The standard InChI is InChI=1S/C12H15NO/c1-9(10(2)14)12(13-3)11-7-5-4-6-8-11/h4-10,12,14H,1-2H3. The van der Waals surface area contributed by atoms with Gasteiger partial charge in [0.2, 0.25) is 0 Å². The highest BCUT2D eigenvalue weighted by molar-refractivity contribution is 5.22. The highest BCUT2D eigenvalue weighted by Crippen LogP contribution is 2.28. The lowest BCUT2D eigenvalue weighted by Gasteiger charge is -2.16. The summed E-state index contributed by atoms with van der Waals surface area (Å²) in [6, 6.07) is 9.39. The predicted octanol–water partition coefficient (Wildman–Crippen LogP) is 2.66. The number of hydrogen-bond acceptors (Lipinski definition) is 1. The monoisotopic (exact) mass is 189 g/mol. The van der Waals surface area contributed by atoms with Crippen molar-refractivity contribution in [1.82, 2.24) is 0 Å². The molecule has 0 aromatic heterocycles. The molecule has 3 unspecified atom stereocenters. The second-order valence-electron chi connectivity index (χ2n) is 3.58. The van der Waals surface area contributed by atoms with Gasteiger partial charge in [-0.25, -0.2) is 6.57 Å². The van der Waals surface area contributed by atoms with Crippen LogP contribution < -0.4 is 0 Å². The Bertz CT molecular complexity index is 313. The van der Waals surface area contributed by atoms with Gasteiger partial charge >= 0.3 is 0 Å². The van der Waals surface area contributed by atoms with E-state index in [9.17, 15) is 5.11 Å². The Balaban J connectivity index is 2.89. The summed E-state index contributed by atoms with van der Waals surface area (Å²) in [6.07, 6.45) is -0.450. The van der Waals surface area contributed by atoms with Crippen molar-refractivity contribution in [1.29, 1.82) is 0 Å². The predicted molar refractivity (Wildman–Crippen MR) is 56.6 cm³/mol. The molecule has 0 aliphatic rings. The first-order valence-corrected chi connectivity index (χ1v) is 4.76. The SMILES string of the molecule is [C-]#[N+]C(c1ccccc1)C(C)C(C)O. The van der Waals surface area contributed by atoms with E-state index in [0.29, 0.717) is 0 Å². The van der Waals surface area contributed by atoms with E-state index in [1.807, 2.05) is 37.3 Å². The van der Waals surface area contributed by atoms with Crippen LogP contribution in [0.15, 0.2) is 30.3 Å². The largest absolute Gasteiger partial charge is 0.393 e. The van der Waals surface area contributed by atoms with E-state index in [1.165, 1.54) is 0 Å². The molecule has 0 spiro atoms. The molecule has 0 saturated carbocycles. The summed E-state index contributed by atoms with van der Waals surface area (Å²) in [5.74, 6) is -0.0325. The molecule has 0 heterocycles. The number of benzene rings is 1. The third-order valence-corrected chi connectivity index (χ3v) is 2.54. The van der Waals surface area contributed by atoms with Crippen molar-refractivity contribution in [2.24, 2.45) is 5.92 Å². The zero-order valence-corrected chi connectivity index (χ0v) is 8.51. The van der Waals surface area contributed by atoms with Gasteiger partial charge in [-0.3, -0.25) is 0 Å². The Morgan fingerprint density at radius 3 is 2.21 bits per heavy atom. The maximum absolute atomic E-state index is 9.44. The van der Waals surface area contributed by atoms with Crippen LogP contribution in [-0.4, -0.2) is 11.2 Å². The lowest BCUT2D eigenvalue weighted by atomic mass is 9.91. The van der Waals surface area contributed by atoms with Gasteiger partial charge in [0.05, 0.1) is 12.0 Å². The van der Waals surface area contributed by atoms with Crippen molar-refractivity contribution in [3.05, 3.63) is 47.3 Å². The smallest absolute Gasteiger partial charge is 0.253 e. The second-order valence-corrected chi connectivity index (χ2v) is 3.58. The van der Waals surface area contributed by atoms with Crippen LogP contribution in [0.2, 0.25) is 0 Å². The van der Waals surface area contributed by atoms with E-state index in [0.717, 1.165) is 5.56 Å². The molecule has 2 nitrogen and oxygen atoms in total. The topological polar surface area (TPSA) is 24.6 Å². The molecular formula is C12H15NO. The van der Waals surface area contributed by atoms with Crippen molar-refractivity contribution < 1.29 is 5.11 Å². The summed E-state index contributed by atoms with van der Waals surface area (Å²) in [5, 5.41) is 9.44. The fourth-order valence-electron chi connectivity index (χ4n) is 1.41. The first-order chi connectivity index (χ1) is 6.66. The molecule has 0 radical (unpaired) electrons. The molecule has 2 heteroatoms.